The van der Waals surface area contributed by atoms with Crippen molar-refractivity contribution in [3.8, 4) is 0 Å². The predicted molar refractivity (Wildman–Crippen MR) is 79.5 cm³/mol. The minimum absolute atomic E-state index is 0.0776. The molecule has 1 aromatic carbocycles. The standard InChI is InChI=1S/C16H24N2O2/c1-12(19)15-7-8-18(11-15)16(20)14-6-4-5-13(9-14)10-17(2)3/h4-6,9,12,15,19H,7-8,10-11H2,1-3H3. The van der Waals surface area contributed by atoms with Crippen molar-refractivity contribution in [3.05, 3.63) is 35.4 Å². The van der Waals surface area contributed by atoms with E-state index >= 15 is 0 Å². The normalized spacial score (nSPS) is 20.4. The zero-order chi connectivity index (χ0) is 14.7. The lowest BCUT2D eigenvalue weighted by molar-refractivity contribution is 0.0762. The Kier molecular flexibility index (Phi) is 4.78. The van der Waals surface area contributed by atoms with Crippen LogP contribution in [0.4, 0.5) is 0 Å². The molecule has 20 heavy (non-hydrogen) atoms. The Bertz CT molecular complexity index is 471. The van der Waals surface area contributed by atoms with Crippen LogP contribution in [-0.4, -0.2) is 54.1 Å². The molecule has 1 fully saturated rings. The van der Waals surface area contributed by atoms with Crippen molar-refractivity contribution in [1.29, 1.82) is 0 Å². The lowest BCUT2D eigenvalue weighted by Crippen LogP contribution is -2.30. The molecule has 0 spiro atoms. The Morgan fingerprint density at radius 1 is 1.50 bits per heavy atom. The molecule has 1 N–H and O–H groups in total. The first-order valence-corrected chi connectivity index (χ1v) is 7.18. The topological polar surface area (TPSA) is 43.8 Å². The molecular formula is C16H24N2O2. The Labute approximate surface area is 121 Å². The van der Waals surface area contributed by atoms with E-state index in [0.29, 0.717) is 6.54 Å². The number of hydrogen-bond donors (Lipinski definition) is 1. The Hall–Kier alpha value is -1.39. The van der Waals surface area contributed by atoms with Gasteiger partial charge in [0, 0.05) is 31.1 Å². The van der Waals surface area contributed by atoms with Gasteiger partial charge in [-0.25, -0.2) is 0 Å². The number of aliphatic hydroxyl groups excluding tert-OH is 1. The van der Waals surface area contributed by atoms with Gasteiger partial charge < -0.3 is 14.9 Å². The molecular weight excluding hydrogens is 252 g/mol. The van der Waals surface area contributed by atoms with Crippen LogP contribution < -0.4 is 0 Å². The average Bonchev–Trinajstić information content (AvgIpc) is 2.87. The molecule has 4 heteroatoms. The van der Waals surface area contributed by atoms with Crippen molar-refractivity contribution in [3.63, 3.8) is 0 Å². The van der Waals surface area contributed by atoms with Gasteiger partial charge >= 0.3 is 0 Å². The number of amides is 1. The number of likely N-dealkylation sites (tertiary alicyclic amines) is 1. The minimum Gasteiger partial charge on any atom is -0.393 e. The summed E-state index contributed by atoms with van der Waals surface area (Å²) >= 11 is 0. The lowest BCUT2D eigenvalue weighted by atomic mass is 10.0. The zero-order valence-electron chi connectivity index (χ0n) is 12.5. The van der Waals surface area contributed by atoms with Gasteiger partial charge in [0.05, 0.1) is 6.10 Å². The maximum Gasteiger partial charge on any atom is 0.253 e. The molecule has 0 saturated carbocycles. The van der Waals surface area contributed by atoms with Crippen LogP contribution in [0.2, 0.25) is 0 Å². The third-order valence-electron chi connectivity index (χ3n) is 3.87. The van der Waals surface area contributed by atoms with E-state index in [4.69, 9.17) is 0 Å². The van der Waals surface area contributed by atoms with E-state index < -0.39 is 0 Å². The van der Waals surface area contributed by atoms with Gasteiger partial charge in [-0.15, -0.1) is 0 Å². The smallest absolute Gasteiger partial charge is 0.253 e. The van der Waals surface area contributed by atoms with Gasteiger partial charge in [-0.2, -0.15) is 0 Å². The lowest BCUT2D eigenvalue weighted by Gasteiger charge is -2.18. The number of carbonyl (C=O) groups excluding carboxylic acids is 1. The molecule has 1 aromatic rings. The van der Waals surface area contributed by atoms with Crippen molar-refractivity contribution in [2.24, 2.45) is 5.92 Å². The third kappa shape index (κ3) is 3.58. The van der Waals surface area contributed by atoms with Crippen LogP contribution in [-0.2, 0) is 6.54 Å². The molecule has 1 aliphatic heterocycles. The zero-order valence-corrected chi connectivity index (χ0v) is 12.5. The van der Waals surface area contributed by atoms with E-state index in [-0.39, 0.29) is 17.9 Å². The van der Waals surface area contributed by atoms with Crippen molar-refractivity contribution in [2.45, 2.75) is 26.0 Å². The van der Waals surface area contributed by atoms with Crippen LogP contribution >= 0.6 is 0 Å². The maximum absolute atomic E-state index is 12.5. The van der Waals surface area contributed by atoms with Crippen molar-refractivity contribution < 1.29 is 9.90 Å². The summed E-state index contributed by atoms with van der Waals surface area (Å²) in [5, 5.41) is 9.62. The Morgan fingerprint density at radius 2 is 2.25 bits per heavy atom. The highest BCUT2D eigenvalue weighted by Gasteiger charge is 2.29. The molecule has 1 heterocycles. The molecule has 0 radical (unpaired) electrons. The highest BCUT2D eigenvalue weighted by atomic mass is 16.3. The molecule has 2 rings (SSSR count). The fraction of sp³-hybridized carbons (Fsp3) is 0.562. The van der Waals surface area contributed by atoms with E-state index in [2.05, 4.69) is 4.90 Å². The van der Waals surface area contributed by atoms with Crippen molar-refractivity contribution >= 4 is 5.91 Å². The summed E-state index contributed by atoms with van der Waals surface area (Å²) in [5.74, 6) is 0.290. The van der Waals surface area contributed by atoms with Crippen LogP contribution in [0.15, 0.2) is 24.3 Å². The molecule has 0 aromatic heterocycles. The van der Waals surface area contributed by atoms with E-state index in [1.54, 1.807) is 6.92 Å². The van der Waals surface area contributed by atoms with Gasteiger partial charge in [0.15, 0.2) is 0 Å². The molecule has 0 bridgehead atoms. The maximum atomic E-state index is 12.5. The fourth-order valence-corrected chi connectivity index (χ4v) is 2.72. The quantitative estimate of drug-likeness (QED) is 0.908. The van der Waals surface area contributed by atoms with Crippen LogP contribution in [0.3, 0.4) is 0 Å². The van der Waals surface area contributed by atoms with Gasteiger partial charge in [-0.05, 0) is 45.1 Å². The molecule has 1 amide bonds. The molecule has 4 nitrogen and oxygen atoms in total. The first kappa shape index (κ1) is 15.0. The average molecular weight is 276 g/mol. The van der Waals surface area contributed by atoms with Crippen LogP contribution in [0.1, 0.15) is 29.3 Å². The summed E-state index contributed by atoms with van der Waals surface area (Å²) in [5.41, 5.74) is 1.89. The highest BCUT2D eigenvalue weighted by molar-refractivity contribution is 5.94. The first-order valence-electron chi connectivity index (χ1n) is 7.18. The third-order valence-corrected chi connectivity index (χ3v) is 3.87. The molecule has 1 saturated heterocycles. The van der Waals surface area contributed by atoms with Crippen LogP contribution in [0.25, 0.3) is 0 Å². The summed E-state index contributed by atoms with van der Waals surface area (Å²) in [6, 6.07) is 7.82. The molecule has 1 aliphatic rings. The number of aliphatic hydroxyl groups is 1. The van der Waals surface area contributed by atoms with E-state index in [1.165, 1.54) is 0 Å². The second-order valence-corrected chi connectivity index (χ2v) is 5.98. The monoisotopic (exact) mass is 276 g/mol. The van der Waals surface area contributed by atoms with Gasteiger partial charge in [0.25, 0.3) is 5.91 Å². The summed E-state index contributed by atoms with van der Waals surface area (Å²) in [4.78, 5) is 16.4. The summed E-state index contributed by atoms with van der Waals surface area (Å²) in [6.45, 7) is 4.04. The number of benzene rings is 1. The SMILES string of the molecule is CC(O)C1CCN(C(=O)c2cccc(CN(C)C)c2)C1. The Morgan fingerprint density at radius 3 is 2.85 bits per heavy atom. The first-order chi connectivity index (χ1) is 9.47. The van der Waals surface area contributed by atoms with E-state index in [9.17, 15) is 9.90 Å². The second-order valence-electron chi connectivity index (χ2n) is 5.98. The predicted octanol–water partition coefficient (Wildman–Crippen LogP) is 1.59. The minimum atomic E-state index is -0.340. The van der Waals surface area contributed by atoms with Gasteiger partial charge in [-0.1, -0.05) is 12.1 Å². The fourth-order valence-electron chi connectivity index (χ4n) is 2.72. The number of nitrogens with zero attached hydrogens (tertiary/aromatic N) is 2. The van der Waals surface area contributed by atoms with E-state index in [1.807, 2.05) is 43.3 Å². The molecule has 0 aliphatic carbocycles. The highest BCUT2D eigenvalue weighted by Crippen LogP contribution is 2.22. The van der Waals surface area contributed by atoms with Gasteiger partial charge in [0.1, 0.15) is 0 Å². The Balaban J connectivity index is 2.06. The van der Waals surface area contributed by atoms with Crippen LogP contribution in [0, 0.1) is 5.92 Å². The van der Waals surface area contributed by atoms with Crippen molar-refractivity contribution in [2.75, 3.05) is 27.2 Å². The molecule has 2 unspecified atom stereocenters. The van der Waals surface area contributed by atoms with Gasteiger partial charge in [-0.3, -0.25) is 4.79 Å². The summed E-state index contributed by atoms with van der Waals surface area (Å²) in [6.07, 6.45) is 0.550. The number of carbonyl (C=O) groups is 1. The van der Waals surface area contributed by atoms with E-state index in [0.717, 1.165) is 30.6 Å². The number of rotatable bonds is 4. The number of hydrogen-bond acceptors (Lipinski definition) is 3. The summed E-state index contributed by atoms with van der Waals surface area (Å²) < 4.78 is 0. The van der Waals surface area contributed by atoms with Crippen molar-refractivity contribution in [1.82, 2.24) is 9.80 Å². The van der Waals surface area contributed by atoms with Gasteiger partial charge in [0.2, 0.25) is 0 Å². The summed E-state index contributed by atoms with van der Waals surface area (Å²) in [7, 11) is 4.03. The molecule has 110 valence electrons. The molecule has 2 atom stereocenters. The van der Waals surface area contributed by atoms with Crippen LogP contribution in [0.5, 0.6) is 0 Å². The second kappa shape index (κ2) is 6.37. The largest absolute Gasteiger partial charge is 0.393 e.